The normalized spacial score (nSPS) is 10.1. The summed E-state index contributed by atoms with van der Waals surface area (Å²) in [5.41, 5.74) is 2.10. The summed E-state index contributed by atoms with van der Waals surface area (Å²) in [4.78, 5) is 3.62. The number of benzene rings is 1. The molecular formula is C13H12FNO. The fraction of sp³-hybridized carbons (Fsp3) is 0.154. The number of aromatic nitrogens is 1. The molecule has 0 aliphatic heterocycles. The number of hydrogen-bond acceptors (Lipinski definition) is 2. The first-order chi connectivity index (χ1) is 7.78. The molecule has 0 aliphatic carbocycles. The maximum Gasteiger partial charge on any atom is 0.212 e. The van der Waals surface area contributed by atoms with Crippen molar-refractivity contribution in [2.75, 3.05) is 7.11 Å². The Labute approximate surface area is 93.7 Å². The SMILES string of the molecule is COc1cccc(Cc2ccc(F)nc2)c1. The minimum Gasteiger partial charge on any atom is -0.497 e. The average Bonchev–Trinajstić information content (AvgIpc) is 2.32. The second-order valence-corrected chi connectivity index (χ2v) is 3.52. The van der Waals surface area contributed by atoms with Gasteiger partial charge in [0.1, 0.15) is 5.75 Å². The monoisotopic (exact) mass is 217 g/mol. The van der Waals surface area contributed by atoms with Crippen molar-refractivity contribution < 1.29 is 9.13 Å². The molecule has 2 aromatic rings. The highest BCUT2D eigenvalue weighted by Gasteiger charge is 1.99. The van der Waals surface area contributed by atoms with Crippen molar-refractivity contribution in [2.45, 2.75) is 6.42 Å². The molecule has 0 aliphatic rings. The van der Waals surface area contributed by atoms with Crippen LogP contribution >= 0.6 is 0 Å². The Morgan fingerprint density at radius 2 is 2.06 bits per heavy atom. The topological polar surface area (TPSA) is 22.1 Å². The van der Waals surface area contributed by atoms with E-state index in [1.54, 1.807) is 19.4 Å². The summed E-state index contributed by atoms with van der Waals surface area (Å²) in [6.07, 6.45) is 2.28. The fourth-order valence-corrected chi connectivity index (χ4v) is 1.53. The Hall–Kier alpha value is -1.90. The highest BCUT2D eigenvalue weighted by Crippen LogP contribution is 2.15. The molecule has 0 fully saturated rings. The summed E-state index contributed by atoms with van der Waals surface area (Å²) in [6.45, 7) is 0. The van der Waals surface area contributed by atoms with Gasteiger partial charge in [0.15, 0.2) is 0 Å². The quantitative estimate of drug-likeness (QED) is 0.737. The van der Waals surface area contributed by atoms with Gasteiger partial charge in [-0.1, -0.05) is 18.2 Å². The van der Waals surface area contributed by atoms with E-state index in [0.717, 1.165) is 23.3 Å². The van der Waals surface area contributed by atoms with Crippen molar-refractivity contribution in [3.63, 3.8) is 0 Å². The second kappa shape index (κ2) is 4.75. The number of methoxy groups -OCH3 is 1. The molecule has 0 saturated carbocycles. The van der Waals surface area contributed by atoms with Gasteiger partial charge in [-0.05, 0) is 35.7 Å². The third-order valence-electron chi connectivity index (χ3n) is 2.33. The lowest BCUT2D eigenvalue weighted by Crippen LogP contribution is -1.91. The number of pyridine rings is 1. The lowest BCUT2D eigenvalue weighted by molar-refractivity contribution is 0.414. The van der Waals surface area contributed by atoms with Crippen molar-refractivity contribution in [3.8, 4) is 5.75 Å². The van der Waals surface area contributed by atoms with Crippen molar-refractivity contribution >= 4 is 0 Å². The molecule has 0 spiro atoms. The number of rotatable bonds is 3. The van der Waals surface area contributed by atoms with Gasteiger partial charge >= 0.3 is 0 Å². The highest BCUT2D eigenvalue weighted by atomic mass is 19.1. The molecule has 2 rings (SSSR count). The largest absolute Gasteiger partial charge is 0.497 e. The molecule has 0 N–H and O–H groups in total. The Bertz CT molecular complexity index is 468. The first-order valence-corrected chi connectivity index (χ1v) is 5.01. The van der Waals surface area contributed by atoms with E-state index in [4.69, 9.17) is 4.74 Å². The lowest BCUT2D eigenvalue weighted by atomic mass is 10.1. The molecule has 82 valence electrons. The number of hydrogen-bond donors (Lipinski definition) is 0. The Morgan fingerprint density at radius 1 is 1.19 bits per heavy atom. The standard InChI is InChI=1S/C13H12FNO/c1-16-12-4-2-3-10(8-12)7-11-5-6-13(14)15-9-11/h2-6,8-9H,7H2,1H3. The van der Waals surface area contributed by atoms with Crippen LogP contribution in [0, 0.1) is 5.95 Å². The molecule has 16 heavy (non-hydrogen) atoms. The van der Waals surface area contributed by atoms with Crippen molar-refractivity contribution in [2.24, 2.45) is 0 Å². The second-order valence-electron chi connectivity index (χ2n) is 3.52. The van der Waals surface area contributed by atoms with Crippen LogP contribution in [-0.4, -0.2) is 12.1 Å². The van der Waals surface area contributed by atoms with Gasteiger partial charge in [0.2, 0.25) is 5.95 Å². The van der Waals surface area contributed by atoms with E-state index in [1.807, 2.05) is 24.3 Å². The van der Waals surface area contributed by atoms with Crippen LogP contribution in [-0.2, 0) is 6.42 Å². The van der Waals surface area contributed by atoms with Crippen LogP contribution < -0.4 is 4.74 Å². The minimum absolute atomic E-state index is 0.450. The van der Waals surface area contributed by atoms with E-state index >= 15 is 0 Å². The lowest BCUT2D eigenvalue weighted by Gasteiger charge is -2.04. The summed E-state index contributed by atoms with van der Waals surface area (Å²) in [7, 11) is 1.64. The zero-order valence-corrected chi connectivity index (χ0v) is 8.98. The molecule has 0 radical (unpaired) electrons. The van der Waals surface area contributed by atoms with E-state index in [9.17, 15) is 4.39 Å². The molecule has 0 atom stereocenters. The Kier molecular flexibility index (Phi) is 3.15. The number of nitrogens with zero attached hydrogens (tertiary/aromatic N) is 1. The predicted octanol–water partition coefficient (Wildman–Crippen LogP) is 2.82. The van der Waals surface area contributed by atoms with Gasteiger partial charge in [-0.3, -0.25) is 0 Å². The predicted molar refractivity (Wildman–Crippen MR) is 60.0 cm³/mol. The van der Waals surface area contributed by atoms with Gasteiger partial charge in [0, 0.05) is 6.20 Å². The maximum atomic E-state index is 12.6. The number of halogens is 1. The van der Waals surface area contributed by atoms with Crippen molar-refractivity contribution in [3.05, 3.63) is 59.7 Å². The van der Waals surface area contributed by atoms with Crippen molar-refractivity contribution in [1.29, 1.82) is 0 Å². The smallest absolute Gasteiger partial charge is 0.212 e. The zero-order valence-electron chi connectivity index (χ0n) is 8.98. The molecule has 1 aromatic heterocycles. The minimum atomic E-state index is -0.450. The van der Waals surface area contributed by atoms with E-state index in [2.05, 4.69) is 4.98 Å². The summed E-state index contributed by atoms with van der Waals surface area (Å²) in [5, 5.41) is 0. The van der Waals surface area contributed by atoms with Crippen molar-refractivity contribution in [1.82, 2.24) is 4.98 Å². The van der Waals surface area contributed by atoms with Gasteiger partial charge in [0.25, 0.3) is 0 Å². The third kappa shape index (κ3) is 2.57. The first kappa shape index (κ1) is 10.6. The average molecular weight is 217 g/mol. The van der Waals surface area contributed by atoms with E-state index in [0.29, 0.717) is 0 Å². The Balaban J connectivity index is 2.16. The van der Waals surface area contributed by atoms with Gasteiger partial charge in [-0.25, -0.2) is 4.98 Å². The molecule has 2 nitrogen and oxygen atoms in total. The van der Waals surface area contributed by atoms with Gasteiger partial charge in [-0.2, -0.15) is 4.39 Å². The molecule has 0 bridgehead atoms. The van der Waals surface area contributed by atoms with Crippen LogP contribution in [0.3, 0.4) is 0 Å². The summed E-state index contributed by atoms with van der Waals surface area (Å²) in [6, 6.07) is 10.9. The maximum absolute atomic E-state index is 12.6. The van der Waals surface area contributed by atoms with Gasteiger partial charge < -0.3 is 4.74 Å². The van der Waals surface area contributed by atoms with Crippen LogP contribution in [0.4, 0.5) is 4.39 Å². The van der Waals surface area contributed by atoms with Gasteiger partial charge in [0.05, 0.1) is 7.11 Å². The molecular weight excluding hydrogens is 205 g/mol. The molecule has 1 heterocycles. The van der Waals surface area contributed by atoms with E-state index in [-0.39, 0.29) is 0 Å². The molecule has 0 unspecified atom stereocenters. The zero-order chi connectivity index (χ0) is 11.4. The summed E-state index contributed by atoms with van der Waals surface area (Å²) >= 11 is 0. The fourth-order valence-electron chi connectivity index (χ4n) is 1.53. The summed E-state index contributed by atoms with van der Waals surface area (Å²) < 4.78 is 17.7. The van der Waals surface area contributed by atoms with Crippen LogP contribution in [0.5, 0.6) is 5.75 Å². The summed E-state index contributed by atoms with van der Waals surface area (Å²) in [5.74, 6) is 0.377. The molecule has 3 heteroatoms. The van der Waals surface area contributed by atoms with Crippen LogP contribution in [0.1, 0.15) is 11.1 Å². The van der Waals surface area contributed by atoms with Crippen LogP contribution in [0.15, 0.2) is 42.6 Å². The van der Waals surface area contributed by atoms with E-state index < -0.39 is 5.95 Å². The highest BCUT2D eigenvalue weighted by molar-refractivity contribution is 5.31. The third-order valence-corrected chi connectivity index (χ3v) is 2.33. The number of ether oxygens (including phenoxy) is 1. The van der Waals surface area contributed by atoms with Gasteiger partial charge in [-0.15, -0.1) is 0 Å². The van der Waals surface area contributed by atoms with Crippen LogP contribution in [0.2, 0.25) is 0 Å². The Morgan fingerprint density at radius 3 is 2.75 bits per heavy atom. The first-order valence-electron chi connectivity index (χ1n) is 5.01. The van der Waals surface area contributed by atoms with Crippen LogP contribution in [0.25, 0.3) is 0 Å². The molecule has 0 saturated heterocycles. The molecule has 1 aromatic carbocycles. The molecule has 0 amide bonds. The van der Waals surface area contributed by atoms with E-state index in [1.165, 1.54) is 6.07 Å².